The van der Waals surface area contributed by atoms with E-state index in [0.717, 1.165) is 5.56 Å². The van der Waals surface area contributed by atoms with Crippen molar-refractivity contribution >= 4 is 12.1 Å². The van der Waals surface area contributed by atoms with Crippen molar-refractivity contribution in [2.75, 3.05) is 20.2 Å². The lowest BCUT2D eigenvalue weighted by molar-refractivity contribution is -0.143. The summed E-state index contributed by atoms with van der Waals surface area (Å²) >= 11 is 0. The Balaban J connectivity index is 1.99. The molecule has 1 amide bonds. The van der Waals surface area contributed by atoms with Crippen molar-refractivity contribution in [2.24, 2.45) is 0 Å². The first-order valence-electron chi connectivity index (χ1n) is 6.01. The number of carbonyl (C=O) groups is 2. The highest BCUT2D eigenvalue weighted by Crippen LogP contribution is 2.14. The Morgan fingerprint density at radius 1 is 1.53 bits per heavy atom. The maximum absolute atomic E-state index is 11.8. The van der Waals surface area contributed by atoms with Crippen LogP contribution in [0, 0.1) is 0 Å². The van der Waals surface area contributed by atoms with Gasteiger partial charge in [-0.15, -0.1) is 0 Å². The number of amides is 1. The van der Waals surface area contributed by atoms with Gasteiger partial charge in [-0.25, -0.2) is 9.59 Å². The number of ether oxygens (including phenoxy) is 2. The summed E-state index contributed by atoms with van der Waals surface area (Å²) < 4.78 is 9.77. The molecule has 1 saturated heterocycles. The van der Waals surface area contributed by atoms with E-state index in [4.69, 9.17) is 9.47 Å². The molecular formula is C13H16N2O4. The van der Waals surface area contributed by atoms with E-state index in [9.17, 15) is 9.59 Å². The average molecular weight is 264 g/mol. The molecule has 0 bridgehead atoms. The largest absolute Gasteiger partial charge is 0.468 e. The van der Waals surface area contributed by atoms with Gasteiger partial charge in [0.25, 0.3) is 0 Å². The zero-order valence-corrected chi connectivity index (χ0v) is 10.6. The van der Waals surface area contributed by atoms with Gasteiger partial charge >= 0.3 is 12.1 Å². The first-order valence-corrected chi connectivity index (χ1v) is 6.01. The van der Waals surface area contributed by atoms with Crippen LogP contribution in [-0.4, -0.2) is 38.4 Å². The molecule has 0 spiro atoms. The lowest BCUT2D eigenvalue weighted by Crippen LogP contribution is -2.36. The lowest BCUT2D eigenvalue weighted by atomic mass is 10.1. The summed E-state index contributed by atoms with van der Waals surface area (Å²) in [4.78, 5) is 22.7. The Bertz CT molecular complexity index is 449. The minimum absolute atomic E-state index is 0.275. The molecule has 2 atom stereocenters. The summed E-state index contributed by atoms with van der Waals surface area (Å²) in [5.41, 5.74) is 0.812. The Labute approximate surface area is 111 Å². The summed E-state index contributed by atoms with van der Waals surface area (Å²) in [6.07, 6.45) is -0.704. The van der Waals surface area contributed by atoms with Gasteiger partial charge in [0.15, 0.2) is 0 Å². The van der Waals surface area contributed by atoms with Gasteiger partial charge in [0.05, 0.1) is 13.7 Å². The third-order valence-corrected chi connectivity index (χ3v) is 2.87. The molecule has 2 rings (SSSR count). The first-order chi connectivity index (χ1) is 9.20. The number of carbonyl (C=O) groups excluding carboxylic acids is 2. The zero-order chi connectivity index (χ0) is 13.7. The van der Waals surface area contributed by atoms with Gasteiger partial charge in [-0.3, -0.25) is 5.32 Å². The van der Waals surface area contributed by atoms with Crippen LogP contribution in [0.1, 0.15) is 11.6 Å². The summed E-state index contributed by atoms with van der Waals surface area (Å²) in [5.74, 6) is -0.372. The molecule has 1 aliphatic rings. The van der Waals surface area contributed by atoms with E-state index in [1.165, 1.54) is 7.11 Å². The fourth-order valence-electron chi connectivity index (χ4n) is 1.90. The van der Waals surface area contributed by atoms with Crippen molar-refractivity contribution < 1.29 is 19.1 Å². The second kappa shape index (κ2) is 6.19. The van der Waals surface area contributed by atoms with Crippen LogP contribution in [0.15, 0.2) is 30.3 Å². The molecule has 19 heavy (non-hydrogen) atoms. The fraction of sp³-hybridized carbons (Fsp3) is 0.385. The average Bonchev–Trinajstić information content (AvgIpc) is 2.85. The molecule has 0 aliphatic carbocycles. The van der Waals surface area contributed by atoms with Gasteiger partial charge in [0, 0.05) is 6.54 Å². The van der Waals surface area contributed by atoms with Crippen molar-refractivity contribution in [2.45, 2.75) is 12.1 Å². The van der Waals surface area contributed by atoms with Gasteiger partial charge in [0.2, 0.25) is 0 Å². The number of hydrogen-bond acceptors (Lipinski definition) is 5. The van der Waals surface area contributed by atoms with E-state index in [-0.39, 0.29) is 12.1 Å². The third kappa shape index (κ3) is 3.45. The predicted octanol–water partition coefficient (Wildman–Crippen LogP) is 0.599. The van der Waals surface area contributed by atoms with Gasteiger partial charge in [-0.1, -0.05) is 30.3 Å². The van der Waals surface area contributed by atoms with E-state index in [1.54, 1.807) is 0 Å². The molecule has 2 unspecified atom stereocenters. The second-order valence-electron chi connectivity index (χ2n) is 4.18. The van der Waals surface area contributed by atoms with Crippen LogP contribution >= 0.6 is 0 Å². The molecule has 0 saturated carbocycles. The predicted molar refractivity (Wildman–Crippen MR) is 67.5 cm³/mol. The molecule has 1 aromatic carbocycles. The van der Waals surface area contributed by atoms with Crippen LogP contribution in [0.25, 0.3) is 0 Å². The Hall–Kier alpha value is -2.08. The molecule has 0 aromatic heterocycles. The molecule has 0 radical (unpaired) electrons. The van der Waals surface area contributed by atoms with E-state index < -0.39 is 12.1 Å². The Morgan fingerprint density at radius 2 is 2.26 bits per heavy atom. The highest BCUT2D eigenvalue weighted by atomic mass is 16.6. The summed E-state index contributed by atoms with van der Waals surface area (Å²) in [5, 5.41) is 5.62. The van der Waals surface area contributed by atoms with Crippen molar-refractivity contribution in [3.05, 3.63) is 35.9 Å². The Kier molecular flexibility index (Phi) is 4.35. The fourth-order valence-corrected chi connectivity index (χ4v) is 1.90. The number of rotatable bonds is 5. The minimum Gasteiger partial charge on any atom is -0.468 e. The SMILES string of the molecule is COC(=O)C(NCC1CNC(=O)O1)c1ccccc1. The van der Waals surface area contributed by atoms with Crippen molar-refractivity contribution in [1.82, 2.24) is 10.6 Å². The molecular weight excluding hydrogens is 248 g/mol. The number of benzene rings is 1. The molecule has 102 valence electrons. The number of nitrogens with one attached hydrogen (secondary N) is 2. The summed E-state index contributed by atoms with van der Waals surface area (Å²) in [7, 11) is 1.34. The topological polar surface area (TPSA) is 76.7 Å². The van der Waals surface area contributed by atoms with E-state index in [1.807, 2.05) is 30.3 Å². The van der Waals surface area contributed by atoms with Crippen molar-refractivity contribution in [1.29, 1.82) is 0 Å². The molecule has 1 aromatic rings. The highest BCUT2D eigenvalue weighted by Gasteiger charge is 2.26. The molecule has 6 nitrogen and oxygen atoms in total. The quantitative estimate of drug-likeness (QED) is 0.762. The maximum Gasteiger partial charge on any atom is 0.407 e. The van der Waals surface area contributed by atoms with Crippen LogP contribution < -0.4 is 10.6 Å². The molecule has 6 heteroatoms. The van der Waals surface area contributed by atoms with Gasteiger partial charge < -0.3 is 14.8 Å². The van der Waals surface area contributed by atoms with Gasteiger partial charge in [-0.2, -0.15) is 0 Å². The number of cyclic esters (lactones) is 1. The van der Waals surface area contributed by atoms with Crippen LogP contribution in [0.3, 0.4) is 0 Å². The minimum atomic E-state index is -0.564. The van der Waals surface area contributed by atoms with Crippen molar-refractivity contribution in [3.63, 3.8) is 0 Å². The van der Waals surface area contributed by atoms with Crippen LogP contribution in [0.4, 0.5) is 4.79 Å². The van der Waals surface area contributed by atoms with Gasteiger partial charge in [-0.05, 0) is 5.56 Å². The highest BCUT2D eigenvalue weighted by molar-refractivity contribution is 5.77. The van der Waals surface area contributed by atoms with E-state index >= 15 is 0 Å². The normalized spacial score (nSPS) is 19.4. The smallest absolute Gasteiger partial charge is 0.407 e. The number of esters is 1. The third-order valence-electron chi connectivity index (χ3n) is 2.87. The Morgan fingerprint density at radius 3 is 2.84 bits per heavy atom. The molecule has 1 fully saturated rings. The van der Waals surface area contributed by atoms with E-state index in [2.05, 4.69) is 10.6 Å². The zero-order valence-electron chi connectivity index (χ0n) is 10.6. The van der Waals surface area contributed by atoms with E-state index in [0.29, 0.717) is 13.1 Å². The molecule has 1 heterocycles. The molecule has 1 aliphatic heterocycles. The standard InChI is InChI=1S/C13H16N2O4/c1-18-12(16)11(9-5-3-2-4-6-9)14-7-10-8-15-13(17)19-10/h2-6,10-11,14H,7-8H2,1H3,(H,15,17). The van der Waals surface area contributed by atoms with Gasteiger partial charge in [0.1, 0.15) is 12.1 Å². The first kappa shape index (κ1) is 13.4. The summed E-state index contributed by atoms with van der Waals surface area (Å²) in [6, 6.07) is 8.70. The lowest BCUT2D eigenvalue weighted by Gasteiger charge is -2.18. The number of hydrogen-bond donors (Lipinski definition) is 2. The maximum atomic E-state index is 11.8. The van der Waals surface area contributed by atoms with Crippen LogP contribution in [0.5, 0.6) is 0 Å². The van der Waals surface area contributed by atoms with Crippen LogP contribution in [-0.2, 0) is 14.3 Å². The monoisotopic (exact) mass is 264 g/mol. The summed E-state index contributed by atoms with van der Waals surface area (Å²) in [6.45, 7) is 0.821. The molecule has 2 N–H and O–H groups in total. The van der Waals surface area contributed by atoms with Crippen LogP contribution in [0.2, 0.25) is 0 Å². The second-order valence-corrected chi connectivity index (χ2v) is 4.18. The van der Waals surface area contributed by atoms with Crippen molar-refractivity contribution in [3.8, 4) is 0 Å². The number of methoxy groups -OCH3 is 1. The number of alkyl carbamates (subject to hydrolysis) is 1.